The van der Waals surface area contributed by atoms with Gasteiger partial charge in [0.05, 0.1) is 0 Å². The lowest BCUT2D eigenvalue weighted by molar-refractivity contribution is 0.627. The van der Waals surface area contributed by atoms with Gasteiger partial charge in [-0.15, -0.1) is 0 Å². The summed E-state index contributed by atoms with van der Waals surface area (Å²) >= 11 is 0. The summed E-state index contributed by atoms with van der Waals surface area (Å²) < 4.78 is 14.4. The number of aromatic nitrogens is 2. The molecule has 0 atom stereocenters. The van der Waals surface area contributed by atoms with Gasteiger partial charge in [-0.05, 0) is 36.2 Å². The highest BCUT2D eigenvalue weighted by Gasteiger charge is 2.06. The van der Waals surface area contributed by atoms with E-state index in [4.69, 9.17) is 0 Å². The van der Waals surface area contributed by atoms with Crippen LogP contribution in [0.3, 0.4) is 0 Å². The summed E-state index contributed by atoms with van der Waals surface area (Å²) in [5.41, 5.74) is 1.53. The third-order valence-corrected chi connectivity index (χ3v) is 3.49. The maximum Gasteiger partial charge on any atom is 0.297 e. The van der Waals surface area contributed by atoms with E-state index in [0.29, 0.717) is 12.2 Å². The van der Waals surface area contributed by atoms with Crippen LogP contribution in [0.4, 0.5) is 10.2 Å². The van der Waals surface area contributed by atoms with Crippen LogP contribution in [-0.2, 0) is 6.42 Å². The Morgan fingerprint density at radius 2 is 1.78 bits per heavy atom. The first kappa shape index (κ1) is 15.0. The fourth-order valence-electron chi connectivity index (χ4n) is 2.31. The molecule has 0 aliphatic rings. The van der Waals surface area contributed by atoms with Gasteiger partial charge in [-0.1, -0.05) is 30.3 Å². The predicted molar refractivity (Wildman–Crippen MR) is 88.4 cm³/mol. The number of nitrogens with one attached hydrogen (secondary N) is 1. The van der Waals surface area contributed by atoms with Gasteiger partial charge >= 0.3 is 0 Å². The van der Waals surface area contributed by atoms with Crippen molar-refractivity contribution in [1.29, 1.82) is 0 Å². The van der Waals surface area contributed by atoms with E-state index in [1.165, 1.54) is 22.3 Å². The molecule has 0 saturated heterocycles. The Bertz CT molecular complexity index is 829. The smallest absolute Gasteiger partial charge is 0.297 e. The Morgan fingerprint density at radius 1 is 1.04 bits per heavy atom. The SMILES string of the molecule is O=c1c(NCCc2ccccc2)nccn1-c1ccc(F)cc1. The quantitative estimate of drug-likeness (QED) is 0.788. The van der Waals surface area contributed by atoms with Crippen LogP contribution in [0.2, 0.25) is 0 Å². The molecule has 0 amide bonds. The van der Waals surface area contributed by atoms with Gasteiger partial charge in [0.25, 0.3) is 5.56 Å². The molecular weight excluding hydrogens is 293 g/mol. The van der Waals surface area contributed by atoms with Crippen molar-refractivity contribution >= 4 is 5.82 Å². The highest BCUT2D eigenvalue weighted by Crippen LogP contribution is 2.07. The first-order valence-electron chi connectivity index (χ1n) is 7.35. The molecule has 0 aliphatic heterocycles. The van der Waals surface area contributed by atoms with Gasteiger partial charge in [0.15, 0.2) is 5.82 Å². The van der Waals surface area contributed by atoms with Crippen molar-refractivity contribution < 1.29 is 4.39 Å². The van der Waals surface area contributed by atoms with Gasteiger partial charge in [-0.2, -0.15) is 0 Å². The minimum atomic E-state index is -0.336. The zero-order chi connectivity index (χ0) is 16.1. The molecule has 5 heteroatoms. The lowest BCUT2D eigenvalue weighted by Gasteiger charge is -2.09. The number of hydrogen-bond acceptors (Lipinski definition) is 3. The minimum Gasteiger partial charge on any atom is -0.365 e. The second-order valence-electron chi connectivity index (χ2n) is 5.09. The molecular formula is C18H16FN3O. The van der Waals surface area contributed by atoms with Gasteiger partial charge in [-0.25, -0.2) is 9.37 Å². The van der Waals surface area contributed by atoms with E-state index in [2.05, 4.69) is 10.3 Å². The summed E-state index contributed by atoms with van der Waals surface area (Å²) in [7, 11) is 0. The summed E-state index contributed by atoms with van der Waals surface area (Å²) in [6.45, 7) is 0.611. The average molecular weight is 309 g/mol. The molecule has 4 nitrogen and oxygen atoms in total. The van der Waals surface area contributed by atoms with Crippen molar-refractivity contribution in [2.75, 3.05) is 11.9 Å². The summed E-state index contributed by atoms with van der Waals surface area (Å²) in [4.78, 5) is 16.5. The molecule has 2 aromatic carbocycles. The van der Waals surface area contributed by atoms with E-state index in [9.17, 15) is 9.18 Å². The van der Waals surface area contributed by atoms with E-state index in [-0.39, 0.29) is 17.2 Å². The summed E-state index contributed by atoms with van der Waals surface area (Å²) in [6.07, 6.45) is 3.92. The molecule has 0 aliphatic carbocycles. The van der Waals surface area contributed by atoms with Crippen LogP contribution in [0.5, 0.6) is 0 Å². The number of nitrogens with zero attached hydrogens (tertiary/aromatic N) is 2. The Morgan fingerprint density at radius 3 is 2.52 bits per heavy atom. The first-order valence-corrected chi connectivity index (χ1v) is 7.35. The van der Waals surface area contributed by atoms with Crippen LogP contribution in [0.1, 0.15) is 5.56 Å². The largest absolute Gasteiger partial charge is 0.365 e. The van der Waals surface area contributed by atoms with Crippen LogP contribution in [-0.4, -0.2) is 16.1 Å². The maximum absolute atomic E-state index is 13.0. The fourth-order valence-corrected chi connectivity index (χ4v) is 2.31. The molecule has 0 unspecified atom stereocenters. The third-order valence-electron chi connectivity index (χ3n) is 3.49. The zero-order valence-electron chi connectivity index (χ0n) is 12.4. The Labute approximate surface area is 133 Å². The number of anilines is 1. The predicted octanol–water partition coefficient (Wildman–Crippen LogP) is 3.03. The van der Waals surface area contributed by atoms with Crippen molar-refractivity contribution in [2.45, 2.75) is 6.42 Å². The van der Waals surface area contributed by atoms with Crippen molar-refractivity contribution in [3.63, 3.8) is 0 Å². The molecule has 0 fully saturated rings. The van der Waals surface area contributed by atoms with E-state index >= 15 is 0 Å². The molecule has 0 saturated carbocycles. The van der Waals surface area contributed by atoms with Gasteiger partial charge < -0.3 is 5.32 Å². The second-order valence-corrected chi connectivity index (χ2v) is 5.09. The van der Waals surface area contributed by atoms with E-state index < -0.39 is 0 Å². The maximum atomic E-state index is 13.0. The van der Waals surface area contributed by atoms with Crippen LogP contribution < -0.4 is 10.9 Å². The molecule has 0 radical (unpaired) electrons. The Hall–Kier alpha value is -2.95. The van der Waals surface area contributed by atoms with Gasteiger partial charge in [0, 0.05) is 24.6 Å². The standard InChI is InChI=1S/C18H16FN3O/c19-15-6-8-16(9-7-15)22-13-12-21-17(18(22)23)20-11-10-14-4-2-1-3-5-14/h1-9,12-13H,10-11H2,(H,20,21). The summed E-state index contributed by atoms with van der Waals surface area (Å²) in [5.74, 6) is -0.0511. The highest BCUT2D eigenvalue weighted by atomic mass is 19.1. The molecule has 116 valence electrons. The number of halogens is 1. The summed E-state index contributed by atoms with van der Waals surface area (Å²) in [6, 6.07) is 15.8. The van der Waals surface area contributed by atoms with Crippen LogP contribution in [0.15, 0.2) is 71.8 Å². The molecule has 1 N–H and O–H groups in total. The molecule has 0 spiro atoms. The average Bonchev–Trinajstić information content (AvgIpc) is 2.58. The second kappa shape index (κ2) is 6.87. The van der Waals surface area contributed by atoms with Crippen molar-refractivity contribution in [2.24, 2.45) is 0 Å². The number of benzene rings is 2. The number of hydrogen-bond donors (Lipinski definition) is 1. The van der Waals surface area contributed by atoms with Gasteiger partial charge in [0.2, 0.25) is 0 Å². The van der Waals surface area contributed by atoms with Crippen LogP contribution in [0, 0.1) is 5.82 Å². The third kappa shape index (κ3) is 3.63. The zero-order valence-corrected chi connectivity index (χ0v) is 12.4. The van der Waals surface area contributed by atoms with E-state index in [1.54, 1.807) is 24.5 Å². The lowest BCUT2D eigenvalue weighted by Crippen LogP contribution is -2.24. The molecule has 1 aromatic heterocycles. The number of rotatable bonds is 5. The normalized spacial score (nSPS) is 10.5. The monoisotopic (exact) mass is 309 g/mol. The first-order chi connectivity index (χ1) is 11.2. The fraction of sp³-hybridized carbons (Fsp3) is 0.111. The summed E-state index contributed by atoms with van der Waals surface area (Å²) in [5, 5.41) is 3.06. The van der Waals surface area contributed by atoms with E-state index in [1.807, 2.05) is 30.3 Å². The molecule has 23 heavy (non-hydrogen) atoms. The molecule has 0 bridgehead atoms. The van der Waals surface area contributed by atoms with Gasteiger partial charge in [-0.3, -0.25) is 9.36 Å². The van der Waals surface area contributed by atoms with Gasteiger partial charge in [0.1, 0.15) is 5.82 Å². The van der Waals surface area contributed by atoms with Crippen LogP contribution >= 0.6 is 0 Å². The Kier molecular flexibility index (Phi) is 4.47. The van der Waals surface area contributed by atoms with Crippen LogP contribution in [0.25, 0.3) is 5.69 Å². The van der Waals surface area contributed by atoms with Crippen molar-refractivity contribution in [1.82, 2.24) is 9.55 Å². The minimum absolute atomic E-state index is 0.257. The molecule has 3 rings (SSSR count). The van der Waals surface area contributed by atoms with Crippen molar-refractivity contribution in [3.8, 4) is 5.69 Å². The van der Waals surface area contributed by atoms with Crippen molar-refractivity contribution in [3.05, 3.63) is 88.7 Å². The molecule has 3 aromatic rings. The van der Waals surface area contributed by atoms with E-state index in [0.717, 1.165) is 6.42 Å². The highest BCUT2D eigenvalue weighted by molar-refractivity contribution is 5.38. The molecule has 1 heterocycles. The lowest BCUT2D eigenvalue weighted by atomic mass is 10.1. The topological polar surface area (TPSA) is 46.9 Å². The Balaban J connectivity index is 1.75.